The summed E-state index contributed by atoms with van der Waals surface area (Å²) in [5, 5.41) is -0.979. The van der Waals surface area contributed by atoms with Crippen LogP contribution in [-0.2, 0) is 19.9 Å². The summed E-state index contributed by atoms with van der Waals surface area (Å²) in [5.74, 6) is -0.0279. The van der Waals surface area contributed by atoms with Crippen LogP contribution < -0.4 is 4.72 Å². The van der Waals surface area contributed by atoms with Gasteiger partial charge in [0.25, 0.3) is 0 Å². The number of sulfone groups is 1. The zero-order chi connectivity index (χ0) is 17.6. The molecule has 1 atom stereocenters. The largest absolute Gasteiger partial charge is 0.223 e. The van der Waals surface area contributed by atoms with E-state index in [1.165, 1.54) is 12.1 Å². The van der Waals surface area contributed by atoms with Crippen LogP contribution in [0.25, 0.3) is 0 Å². The van der Waals surface area contributed by atoms with E-state index in [9.17, 15) is 16.8 Å². The summed E-state index contributed by atoms with van der Waals surface area (Å²) in [6.07, 6.45) is 0.469. The average Bonchev–Trinajstić information content (AvgIpc) is 2.56. The fourth-order valence-electron chi connectivity index (χ4n) is 2.39. The van der Waals surface area contributed by atoms with E-state index in [4.69, 9.17) is 0 Å². The Bertz CT molecular complexity index is 848. The minimum absolute atomic E-state index is 0.0279. The van der Waals surface area contributed by atoms with Crippen molar-refractivity contribution in [2.75, 3.05) is 12.3 Å². The van der Waals surface area contributed by atoms with Gasteiger partial charge in [0.05, 0.1) is 10.6 Å². The number of nitrogens with one attached hydrogen (secondary N) is 1. The van der Waals surface area contributed by atoms with Crippen molar-refractivity contribution in [1.29, 1.82) is 0 Å². The number of hydrogen-bond donors (Lipinski definition) is 1. The van der Waals surface area contributed by atoms with Crippen molar-refractivity contribution in [3.63, 3.8) is 0 Å². The molecule has 0 aliphatic carbocycles. The first-order valence-corrected chi connectivity index (χ1v) is 10.9. The fraction of sp³-hybridized carbons (Fsp3) is 0.294. The van der Waals surface area contributed by atoms with Crippen molar-refractivity contribution < 1.29 is 16.8 Å². The van der Waals surface area contributed by atoms with Crippen LogP contribution in [0.15, 0.2) is 65.6 Å². The average molecular weight is 367 g/mol. The highest BCUT2D eigenvalue weighted by atomic mass is 32.2. The van der Waals surface area contributed by atoms with E-state index in [1.807, 2.05) is 0 Å². The molecule has 0 aliphatic rings. The van der Waals surface area contributed by atoms with Gasteiger partial charge in [0.2, 0.25) is 10.0 Å². The second-order valence-electron chi connectivity index (χ2n) is 5.42. The normalized spacial score (nSPS) is 13.5. The third kappa shape index (κ3) is 4.66. The number of sulfonamides is 1. The predicted molar refractivity (Wildman–Crippen MR) is 94.9 cm³/mol. The second-order valence-corrected chi connectivity index (χ2v) is 9.48. The molecule has 2 aromatic rings. The summed E-state index contributed by atoms with van der Waals surface area (Å²) in [7, 11) is -7.21. The molecule has 0 radical (unpaired) electrons. The summed E-state index contributed by atoms with van der Waals surface area (Å²) in [4.78, 5) is 0.175. The molecule has 0 amide bonds. The van der Waals surface area contributed by atoms with Crippen molar-refractivity contribution in [2.24, 2.45) is 0 Å². The lowest BCUT2D eigenvalue weighted by Gasteiger charge is -2.19. The van der Waals surface area contributed by atoms with E-state index in [0.29, 0.717) is 12.0 Å². The summed E-state index contributed by atoms with van der Waals surface area (Å²) in [6.45, 7) is 1.57. The molecule has 0 bridgehead atoms. The van der Waals surface area contributed by atoms with Crippen LogP contribution in [0.2, 0.25) is 0 Å². The van der Waals surface area contributed by atoms with Crippen LogP contribution in [0.1, 0.15) is 24.2 Å². The van der Waals surface area contributed by atoms with E-state index < -0.39 is 25.1 Å². The highest BCUT2D eigenvalue weighted by molar-refractivity contribution is 7.92. The Hall–Kier alpha value is -1.70. The molecule has 1 N–H and O–H groups in total. The number of rotatable bonds is 8. The molecule has 0 fully saturated rings. The summed E-state index contributed by atoms with van der Waals surface area (Å²) >= 11 is 0. The Balaban J connectivity index is 2.38. The van der Waals surface area contributed by atoms with Crippen LogP contribution in [0.4, 0.5) is 0 Å². The zero-order valence-corrected chi connectivity index (χ0v) is 15.1. The van der Waals surface area contributed by atoms with Crippen molar-refractivity contribution in [1.82, 2.24) is 4.72 Å². The SMILES string of the molecule is CCCS(=O)(=O)NC[C@H](c1ccccc1)S(=O)(=O)c1ccccc1. The van der Waals surface area contributed by atoms with Crippen LogP contribution >= 0.6 is 0 Å². The quantitative estimate of drug-likeness (QED) is 0.777. The molecule has 7 heteroatoms. The third-order valence-corrected chi connectivity index (χ3v) is 7.25. The molecular formula is C17H21NO4S2. The molecule has 0 aliphatic heterocycles. The van der Waals surface area contributed by atoms with Gasteiger partial charge in [-0.05, 0) is 24.1 Å². The topological polar surface area (TPSA) is 80.3 Å². The van der Waals surface area contributed by atoms with Gasteiger partial charge in [0.1, 0.15) is 5.25 Å². The van der Waals surface area contributed by atoms with E-state index >= 15 is 0 Å². The molecule has 2 aromatic carbocycles. The second kappa shape index (κ2) is 7.92. The molecule has 0 saturated carbocycles. The zero-order valence-electron chi connectivity index (χ0n) is 13.4. The van der Waals surface area contributed by atoms with E-state index in [-0.39, 0.29) is 17.2 Å². The van der Waals surface area contributed by atoms with E-state index in [1.54, 1.807) is 55.5 Å². The number of hydrogen-bond acceptors (Lipinski definition) is 4. The Morgan fingerprint density at radius 3 is 1.96 bits per heavy atom. The molecule has 0 unspecified atom stereocenters. The summed E-state index contributed by atoms with van der Waals surface area (Å²) in [5.41, 5.74) is 0.556. The standard InChI is InChI=1S/C17H21NO4S2/c1-2-13-23(19,20)18-14-17(15-9-5-3-6-10-15)24(21,22)16-11-7-4-8-12-16/h3-12,17-18H,2,13-14H2,1H3/t17-/m1/s1. The Morgan fingerprint density at radius 1 is 0.875 bits per heavy atom. The van der Waals surface area contributed by atoms with Crippen LogP contribution in [0, 0.1) is 0 Å². The van der Waals surface area contributed by atoms with Gasteiger partial charge in [-0.2, -0.15) is 0 Å². The van der Waals surface area contributed by atoms with Gasteiger partial charge >= 0.3 is 0 Å². The Morgan fingerprint density at radius 2 is 1.42 bits per heavy atom. The lowest BCUT2D eigenvalue weighted by atomic mass is 10.1. The highest BCUT2D eigenvalue weighted by Gasteiger charge is 2.30. The maximum Gasteiger partial charge on any atom is 0.211 e. The van der Waals surface area contributed by atoms with E-state index in [0.717, 1.165) is 0 Å². The van der Waals surface area contributed by atoms with Gasteiger partial charge in [-0.25, -0.2) is 21.6 Å². The first-order valence-electron chi connectivity index (χ1n) is 7.68. The predicted octanol–water partition coefficient (Wildman–Crippen LogP) is 2.53. The Labute approximate surface area is 143 Å². The molecule has 0 aromatic heterocycles. The van der Waals surface area contributed by atoms with Gasteiger partial charge in [-0.3, -0.25) is 0 Å². The van der Waals surface area contributed by atoms with Crippen molar-refractivity contribution >= 4 is 19.9 Å². The maximum atomic E-state index is 13.0. The monoisotopic (exact) mass is 367 g/mol. The maximum absolute atomic E-state index is 13.0. The first kappa shape index (κ1) is 18.6. The van der Waals surface area contributed by atoms with Gasteiger partial charge in [0, 0.05) is 6.54 Å². The van der Waals surface area contributed by atoms with Crippen molar-refractivity contribution in [2.45, 2.75) is 23.5 Å². The molecule has 130 valence electrons. The molecule has 0 spiro atoms. The van der Waals surface area contributed by atoms with Crippen molar-refractivity contribution in [3.05, 3.63) is 66.2 Å². The minimum atomic E-state index is -3.72. The van der Waals surface area contributed by atoms with Gasteiger partial charge < -0.3 is 0 Å². The molecule has 0 saturated heterocycles. The summed E-state index contributed by atoms with van der Waals surface area (Å²) in [6, 6.07) is 16.7. The molecule has 5 nitrogen and oxygen atoms in total. The van der Waals surface area contributed by atoms with Crippen LogP contribution in [0.3, 0.4) is 0 Å². The third-order valence-electron chi connectivity index (χ3n) is 3.58. The van der Waals surface area contributed by atoms with Crippen LogP contribution in [-0.4, -0.2) is 29.1 Å². The van der Waals surface area contributed by atoms with Crippen molar-refractivity contribution in [3.8, 4) is 0 Å². The fourth-order valence-corrected chi connectivity index (χ4v) is 5.28. The molecule has 2 rings (SSSR count). The lowest BCUT2D eigenvalue weighted by molar-refractivity contribution is 0.568. The molecular weight excluding hydrogens is 346 g/mol. The Kier molecular flexibility index (Phi) is 6.15. The lowest BCUT2D eigenvalue weighted by Crippen LogP contribution is -2.33. The molecule has 24 heavy (non-hydrogen) atoms. The van der Waals surface area contributed by atoms with Crippen LogP contribution in [0.5, 0.6) is 0 Å². The highest BCUT2D eigenvalue weighted by Crippen LogP contribution is 2.28. The smallest absolute Gasteiger partial charge is 0.211 e. The van der Waals surface area contributed by atoms with E-state index in [2.05, 4.69) is 4.72 Å². The minimum Gasteiger partial charge on any atom is -0.223 e. The number of benzene rings is 2. The first-order chi connectivity index (χ1) is 11.4. The van der Waals surface area contributed by atoms with Gasteiger partial charge in [-0.15, -0.1) is 0 Å². The van der Waals surface area contributed by atoms with Gasteiger partial charge in [0.15, 0.2) is 9.84 Å². The summed E-state index contributed by atoms with van der Waals surface area (Å²) < 4.78 is 52.2. The molecule has 0 heterocycles. The van der Waals surface area contributed by atoms with Gasteiger partial charge in [-0.1, -0.05) is 55.5 Å².